The maximum atomic E-state index is 13.3. The van der Waals surface area contributed by atoms with Gasteiger partial charge in [0.25, 0.3) is 0 Å². The van der Waals surface area contributed by atoms with E-state index in [1.165, 1.54) is 12.1 Å². The number of aromatic nitrogens is 2. The molecule has 2 heterocycles. The SMILES string of the molecule is C[C@@H]1Oc2ccccc2/C(=N/OCc2cccc(F)c2)[C@H]1n1ccnc1. The molecule has 0 radical (unpaired) electrons. The average Bonchev–Trinajstić information content (AvgIpc) is 3.16. The molecule has 0 spiro atoms. The predicted octanol–water partition coefficient (Wildman–Crippen LogP) is 3.97. The van der Waals surface area contributed by atoms with Crippen LogP contribution in [0.2, 0.25) is 0 Å². The summed E-state index contributed by atoms with van der Waals surface area (Å²) in [5.74, 6) is 0.476. The van der Waals surface area contributed by atoms with Crippen molar-refractivity contribution in [3.8, 4) is 5.75 Å². The van der Waals surface area contributed by atoms with Crippen LogP contribution >= 0.6 is 0 Å². The first kappa shape index (κ1) is 16.3. The summed E-state index contributed by atoms with van der Waals surface area (Å²) in [4.78, 5) is 9.71. The summed E-state index contributed by atoms with van der Waals surface area (Å²) in [6.07, 6.45) is 5.19. The van der Waals surface area contributed by atoms with Gasteiger partial charge in [-0.25, -0.2) is 9.37 Å². The van der Waals surface area contributed by atoms with Crippen LogP contribution in [-0.4, -0.2) is 21.4 Å². The minimum atomic E-state index is -0.292. The van der Waals surface area contributed by atoms with Gasteiger partial charge in [0.05, 0.1) is 6.33 Å². The van der Waals surface area contributed by atoms with Crippen LogP contribution in [0.15, 0.2) is 72.4 Å². The second kappa shape index (κ2) is 7.00. The zero-order valence-corrected chi connectivity index (χ0v) is 14.2. The Balaban J connectivity index is 1.66. The first-order valence-corrected chi connectivity index (χ1v) is 8.40. The molecular weight excluding hydrogens is 333 g/mol. The molecule has 3 aromatic rings. The molecule has 0 unspecified atom stereocenters. The van der Waals surface area contributed by atoms with Gasteiger partial charge in [-0.2, -0.15) is 0 Å². The molecule has 0 amide bonds. The van der Waals surface area contributed by atoms with Gasteiger partial charge in [-0.1, -0.05) is 29.4 Å². The fourth-order valence-electron chi connectivity index (χ4n) is 3.15. The van der Waals surface area contributed by atoms with Gasteiger partial charge in [-0.05, 0) is 36.8 Å². The second-order valence-corrected chi connectivity index (χ2v) is 6.15. The molecule has 6 heteroatoms. The molecule has 2 atom stereocenters. The van der Waals surface area contributed by atoms with E-state index in [2.05, 4.69) is 10.1 Å². The molecule has 1 aromatic heterocycles. The van der Waals surface area contributed by atoms with Gasteiger partial charge in [0.1, 0.15) is 36.0 Å². The summed E-state index contributed by atoms with van der Waals surface area (Å²) in [5.41, 5.74) is 2.36. The predicted molar refractivity (Wildman–Crippen MR) is 95.5 cm³/mol. The lowest BCUT2D eigenvalue weighted by Crippen LogP contribution is -2.37. The Kier molecular flexibility index (Phi) is 4.39. The third-order valence-electron chi connectivity index (χ3n) is 4.33. The molecule has 132 valence electrons. The van der Waals surface area contributed by atoms with Crippen molar-refractivity contribution in [2.24, 2.45) is 5.16 Å². The highest BCUT2D eigenvalue weighted by atomic mass is 19.1. The van der Waals surface area contributed by atoms with Crippen LogP contribution in [0, 0.1) is 5.82 Å². The Bertz CT molecular complexity index is 924. The maximum Gasteiger partial charge on any atom is 0.142 e. The number of nitrogens with zero attached hydrogens (tertiary/aromatic N) is 3. The highest BCUT2D eigenvalue weighted by molar-refractivity contribution is 6.06. The van der Waals surface area contributed by atoms with E-state index in [9.17, 15) is 4.39 Å². The zero-order chi connectivity index (χ0) is 17.9. The Labute approximate surface area is 150 Å². The zero-order valence-electron chi connectivity index (χ0n) is 14.2. The van der Waals surface area contributed by atoms with Gasteiger partial charge >= 0.3 is 0 Å². The van der Waals surface area contributed by atoms with E-state index < -0.39 is 0 Å². The molecule has 0 bridgehead atoms. The molecule has 5 nitrogen and oxygen atoms in total. The summed E-state index contributed by atoms with van der Waals surface area (Å²) in [6.45, 7) is 2.18. The molecule has 2 aromatic carbocycles. The summed E-state index contributed by atoms with van der Waals surface area (Å²) < 4.78 is 21.3. The molecule has 1 aliphatic rings. The molecule has 0 aliphatic carbocycles. The molecular formula is C20H18FN3O2. The Morgan fingerprint density at radius 1 is 1.23 bits per heavy atom. The van der Waals surface area contributed by atoms with E-state index in [0.29, 0.717) is 0 Å². The average molecular weight is 351 g/mol. The summed E-state index contributed by atoms with van der Waals surface area (Å²) in [5, 5.41) is 4.40. The largest absolute Gasteiger partial charge is 0.487 e. The lowest BCUT2D eigenvalue weighted by molar-refractivity contribution is 0.121. The van der Waals surface area contributed by atoms with Gasteiger partial charge < -0.3 is 14.1 Å². The summed E-state index contributed by atoms with van der Waals surface area (Å²) >= 11 is 0. The molecule has 0 saturated heterocycles. The fourth-order valence-corrected chi connectivity index (χ4v) is 3.15. The highest BCUT2D eigenvalue weighted by Gasteiger charge is 2.34. The van der Waals surface area contributed by atoms with E-state index in [4.69, 9.17) is 9.57 Å². The Hall–Kier alpha value is -3.15. The van der Waals surface area contributed by atoms with E-state index in [-0.39, 0.29) is 24.6 Å². The molecule has 4 rings (SSSR count). The van der Waals surface area contributed by atoms with Crippen LogP contribution in [0.1, 0.15) is 24.1 Å². The standard InChI is InChI=1S/C20H18FN3O2/c1-14-20(24-10-9-22-13-24)19(17-7-2-3-8-18(17)26-14)23-25-12-15-5-4-6-16(21)11-15/h2-11,13-14,20H,12H2,1H3/b23-19-/t14-,20-/m0/s1. The van der Waals surface area contributed by atoms with Crippen molar-refractivity contribution in [2.75, 3.05) is 0 Å². The lowest BCUT2D eigenvalue weighted by atomic mass is 9.95. The van der Waals surface area contributed by atoms with Crippen molar-refractivity contribution in [3.05, 3.63) is 84.2 Å². The number of hydrogen-bond acceptors (Lipinski definition) is 4. The summed E-state index contributed by atoms with van der Waals surface area (Å²) in [6, 6.07) is 13.9. The van der Waals surface area contributed by atoms with Gasteiger partial charge in [0, 0.05) is 18.0 Å². The van der Waals surface area contributed by atoms with Crippen LogP contribution in [0.3, 0.4) is 0 Å². The number of oxime groups is 1. The van der Waals surface area contributed by atoms with Crippen LogP contribution in [-0.2, 0) is 11.4 Å². The minimum Gasteiger partial charge on any atom is -0.487 e. The fraction of sp³-hybridized carbons (Fsp3) is 0.200. The van der Waals surface area contributed by atoms with Crippen LogP contribution in [0.5, 0.6) is 5.75 Å². The first-order chi connectivity index (χ1) is 12.7. The van der Waals surface area contributed by atoms with E-state index >= 15 is 0 Å². The van der Waals surface area contributed by atoms with Gasteiger partial charge in [-0.3, -0.25) is 0 Å². The van der Waals surface area contributed by atoms with Crippen LogP contribution in [0.4, 0.5) is 4.39 Å². The molecule has 26 heavy (non-hydrogen) atoms. The Morgan fingerprint density at radius 3 is 2.92 bits per heavy atom. The smallest absolute Gasteiger partial charge is 0.142 e. The third kappa shape index (κ3) is 3.18. The number of fused-ring (bicyclic) bond motifs is 1. The highest BCUT2D eigenvalue weighted by Crippen LogP contribution is 2.34. The second-order valence-electron chi connectivity index (χ2n) is 6.15. The lowest BCUT2D eigenvalue weighted by Gasteiger charge is -2.33. The number of rotatable bonds is 4. The van der Waals surface area contributed by atoms with Crippen LogP contribution in [0.25, 0.3) is 0 Å². The topological polar surface area (TPSA) is 48.6 Å². The van der Waals surface area contributed by atoms with Crippen molar-refractivity contribution < 1.29 is 14.0 Å². The molecule has 0 N–H and O–H groups in total. The normalized spacial score (nSPS) is 20.5. The van der Waals surface area contributed by atoms with Gasteiger partial charge in [0.2, 0.25) is 0 Å². The van der Waals surface area contributed by atoms with Crippen molar-refractivity contribution in [3.63, 3.8) is 0 Å². The number of halogens is 1. The number of hydrogen-bond donors (Lipinski definition) is 0. The van der Waals surface area contributed by atoms with Gasteiger partial charge in [0.15, 0.2) is 0 Å². The number of para-hydroxylation sites is 1. The maximum absolute atomic E-state index is 13.3. The minimum absolute atomic E-state index is 0.143. The molecule has 0 fully saturated rings. The van der Waals surface area contributed by atoms with Crippen LogP contribution < -0.4 is 4.74 Å². The van der Waals surface area contributed by atoms with Crippen molar-refractivity contribution >= 4 is 5.71 Å². The Morgan fingerprint density at radius 2 is 2.12 bits per heavy atom. The first-order valence-electron chi connectivity index (χ1n) is 8.40. The quantitative estimate of drug-likeness (QED) is 0.669. The van der Waals surface area contributed by atoms with Gasteiger partial charge in [-0.15, -0.1) is 0 Å². The van der Waals surface area contributed by atoms with Crippen molar-refractivity contribution in [1.82, 2.24) is 9.55 Å². The monoisotopic (exact) mass is 351 g/mol. The van der Waals surface area contributed by atoms with E-state index in [0.717, 1.165) is 22.6 Å². The van der Waals surface area contributed by atoms with E-state index in [1.807, 2.05) is 42.0 Å². The molecule has 0 saturated carbocycles. The van der Waals surface area contributed by atoms with Crippen molar-refractivity contribution in [1.29, 1.82) is 0 Å². The number of imidazole rings is 1. The van der Waals surface area contributed by atoms with E-state index in [1.54, 1.807) is 24.7 Å². The molecule has 1 aliphatic heterocycles. The number of benzene rings is 2. The third-order valence-corrected chi connectivity index (χ3v) is 4.33. The van der Waals surface area contributed by atoms with Crippen molar-refractivity contribution in [2.45, 2.75) is 25.7 Å². The number of ether oxygens (including phenoxy) is 1. The summed E-state index contributed by atoms with van der Waals surface area (Å²) in [7, 11) is 0.